The molecule has 0 amide bonds. The standard InChI is InChI=1S/C11H19N5/c12-11(13)4-7-15(10-2-3-10)8-9-16-6-1-5-14-16/h1,5-6,10H,2-4,7-9H2,(H3,12,13). The number of nitrogens with two attached hydrogens (primary N) is 1. The van der Waals surface area contributed by atoms with E-state index >= 15 is 0 Å². The second-order valence-electron chi connectivity index (χ2n) is 4.31. The van der Waals surface area contributed by atoms with Crippen molar-refractivity contribution in [1.82, 2.24) is 14.7 Å². The fraction of sp³-hybridized carbons (Fsp3) is 0.636. The van der Waals surface area contributed by atoms with E-state index < -0.39 is 0 Å². The van der Waals surface area contributed by atoms with Gasteiger partial charge in [-0.3, -0.25) is 15.0 Å². The van der Waals surface area contributed by atoms with Crippen LogP contribution in [0, 0.1) is 5.41 Å². The van der Waals surface area contributed by atoms with Crippen molar-refractivity contribution < 1.29 is 0 Å². The zero-order valence-corrected chi connectivity index (χ0v) is 9.47. The van der Waals surface area contributed by atoms with Crippen molar-refractivity contribution in [2.45, 2.75) is 31.8 Å². The Hall–Kier alpha value is -1.36. The van der Waals surface area contributed by atoms with Gasteiger partial charge in [0.15, 0.2) is 0 Å². The van der Waals surface area contributed by atoms with Gasteiger partial charge < -0.3 is 5.73 Å². The summed E-state index contributed by atoms with van der Waals surface area (Å²) < 4.78 is 1.95. The molecule has 1 heterocycles. The third-order valence-corrected chi connectivity index (χ3v) is 2.91. The summed E-state index contributed by atoms with van der Waals surface area (Å²) in [7, 11) is 0. The van der Waals surface area contributed by atoms with Crippen molar-refractivity contribution in [3.05, 3.63) is 18.5 Å². The van der Waals surface area contributed by atoms with Gasteiger partial charge in [-0.1, -0.05) is 0 Å². The Labute approximate surface area is 95.7 Å². The van der Waals surface area contributed by atoms with Crippen LogP contribution in [0.2, 0.25) is 0 Å². The second-order valence-corrected chi connectivity index (χ2v) is 4.31. The van der Waals surface area contributed by atoms with E-state index in [-0.39, 0.29) is 5.84 Å². The summed E-state index contributed by atoms with van der Waals surface area (Å²) in [6.45, 7) is 2.82. The molecule has 0 saturated heterocycles. The average molecular weight is 221 g/mol. The topological polar surface area (TPSA) is 70.9 Å². The van der Waals surface area contributed by atoms with Crippen molar-refractivity contribution >= 4 is 5.84 Å². The molecular formula is C11H19N5. The Morgan fingerprint density at radius 2 is 2.31 bits per heavy atom. The predicted octanol–water partition coefficient (Wildman–Crippen LogP) is 0.674. The van der Waals surface area contributed by atoms with E-state index in [1.165, 1.54) is 12.8 Å². The van der Waals surface area contributed by atoms with E-state index in [1.807, 2.05) is 16.9 Å². The van der Waals surface area contributed by atoms with Crippen molar-refractivity contribution in [2.75, 3.05) is 13.1 Å². The highest BCUT2D eigenvalue weighted by atomic mass is 15.3. The van der Waals surface area contributed by atoms with Crippen LogP contribution in [0.25, 0.3) is 0 Å². The normalized spacial score (nSPS) is 15.6. The second kappa shape index (κ2) is 5.12. The van der Waals surface area contributed by atoms with Gasteiger partial charge in [0.05, 0.1) is 12.4 Å². The highest BCUT2D eigenvalue weighted by Gasteiger charge is 2.28. The Bertz CT molecular complexity index is 328. The minimum Gasteiger partial charge on any atom is -0.388 e. The average Bonchev–Trinajstić information content (AvgIpc) is 2.95. The van der Waals surface area contributed by atoms with Gasteiger partial charge >= 0.3 is 0 Å². The molecule has 88 valence electrons. The minimum absolute atomic E-state index is 0.282. The first-order chi connectivity index (χ1) is 7.75. The van der Waals surface area contributed by atoms with Crippen LogP contribution < -0.4 is 5.73 Å². The number of aromatic nitrogens is 2. The van der Waals surface area contributed by atoms with Crippen molar-refractivity contribution in [2.24, 2.45) is 5.73 Å². The fourth-order valence-electron chi connectivity index (χ4n) is 1.84. The number of nitrogens with zero attached hydrogens (tertiary/aromatic N) is 3. The SMILES string of the molecule is N=C(N)CCN(CCn1cccn1)C1CC1. The Balaban J connectivity index is 1.76. The number of nitrogens with one attached hydrogen (secondary N) is 1. The first kappa shape index (κ1) is 11.1. The Morgan fingerprint density at radius 1 is 1.50 bits per heavy atom. The Morgan fingerprint density at radius 3 is 2.88 bits per heavy atom. The lowest BCUT2D eigenvalue weighted by Gasteiger charge is -2.21. The number of hydrogen-bond donors (Lipinski definition) is 2. The summed E-state index contributed by atoms with van der Waals surface area (Å²) in [6, 6.07) is 2.66. The summed E-state index contributed by atoms with van der Waals surface area (Å²) in [5, 5.41) is 11.4. The molecular weight excluding hydrogens is 202 g/mol. The molecule has 2 rings (SSSR count). The molecule has 1 aliphatic rings. The summed E-state index contributed by atoms with van der Waals surface area (Å²) in [4.78, 5) is 2.42. The third kappa shape index (κ3) is 3.34. The Kier molecular flexibility index (Phi) is 3.56. The summed E-state index contributed by atoms with van der Waals surface area (Å²) in [5.41, 5.74) is 5.39. The molecule has 1 aromatic rings. The van der Waals surface area contributed by atoms with E-state index in [4.69, 9.17) is 11.1 Å². The van der Waals surface area contributed by atoms with Gasteiger partial charge in [0, 0.05) is 37.9 Å². The molecule has 3 N–H and O–H groups in total. The quantitative estimate of drug-likeness (QED) is 0.525. The van der Waals surface area contributed by atoms with Gasteiger partial charge in [0.2, 0.25) is 0 Å². The van der Waals surface area contributed by atoms with E-state index in [2.05, 4.69) is 10.00 Å². The molecule has 0 aromatic carbocycles. The van der Waals surface area contributed by atoms with Crippen LogP contribution in [0.15, 0.2) is 18.5 Å². The maximum absolute atomic E-state index is 7.25. The lowest BCUT2D eigenvalue weighted by Crippen LogP contribution is -2.32. The molecule has 0 atom stereocenters. The molecule has 1 saturated carbocycles. The van der Waals surface area contributed by atoms with Gasteiger partial charge in [-0.25, -0.2) is 0 Å². The summed E-state index contributed by atoms with van der Waals surface area (Å²) in [6.07, 6.45) is 7.04. The molecule has 0 radical (unpaired) electrons. The largest absolute Gasteiger partial charge is 0.388 e. The van der Waals surface area contributed by atoms with E-state index in [1.54, 1.807) is 6.20 Å². The van der Waals surface area contributed by atoms with Gasteiger partial charge in [0.25, 0.3) is 0 Å². The van der Waals surface area contributed by atoms with E-state index in [9.17, 15) is 0 Å². The van der Waals surface area contributed by atoms with Crippen molar-refractivity contribution in [3.63, 3.8) is 0 Å². The molecule has 0 bridgehead atoms. The smallest absolute Gasteiger partial charge is 0.0918 e. The molecule has 5 heteroatoms. The first-order valence-electron chi connectivity index (χ1n) is 5.80. The van der Waals surface area contributed by atoms with Crippen molar-refractivity contribution in [3.8, 4) is 0 Å². The van der Waals surface area contributed by atoms with Crippen LogP contribution in [0.1, 0.15) is 19.3 Å². The number of hydrogen-bond acceptors (Lipinski definition) is 3. The van der Waals surface area contributed by atoms with Crippen LogP contribution in [0.3, 0.4) is 0 Å². The summed E-state index contributed by atoms with van der Waals surface area (Å²) >= 11 is 0. The van der Waals surface area contributed by atoms with Gasteiger partial charge in [0.1, 0.15) is 0 Å². The van der Waals surface area contributed by atoms with Crippen LogP contribution in [-0.4, -0.2) is 39.6 Å². The molecule has 1 fully saturated rings. The van der Waals surface area contributed by atoms with Gasteiger partial charge in [-0.15, -0.1) is 0 Å². The minimum atomic E-state index is 0.282. The fourth-order valence-corrected chi connectivity index (χ4v) is 1.84. The molecule has 1 aromatic heterocycles. The number of amidine groups is 1. The molecule has 0 aliphatic heterocycles. The highest BCUT2D eigenvalue weighted by molar-refractivity contribution is 5.76. The monoisotopic (exact) mass is 221 g/mol. The summed E-state index contributed by atoms with van der Waals surface area (Å²) in [5.74, 6) is 0.282. The predicted molar refractivity (Wildman–Crippen MR) is 63.4 cm³/mol. The third-order valence-electron chi connectivity index (χ3n) is 2.91. The van der Waals surface area contributed by atoms with Gasteiger partial charge in [-0.05, 0) is 18.9 Å². The van der Waals surface area contributed by atoms with Crippen LogP contribution in [0.4, 0.5) is 0 Å². The lowest BCUT2D eigenvalue weighted by molar-refractivity contribution is 0.255. The van der Waals surface area contributed by atoms with Gasteiger partial charge in [-0.2, -0.15) is 5.10 Å². The van der Waals surface area contributed by atoms with E-state index in [0.29, 0.717) is 6.42 Å². The zero-order valence-electron chi connectivity index (χ0n) is 9.47. The first-order valence-corrected chi connectivity index (χ1v) is 5.80. The highest BCUT2D eigenvalue weighted by Crippen LogP contribution is 2.26. The van der Waals surface area contributed by atoms with Crippen LogP contribution in [-0.2, 0) is 6.54 Å². The maximum Gasteiger partial charge on any atom is 0.0918 e. The molecule has 16 heavy (non-hydrogen) atoms. The lowest BCUT2D eigenvalue weighted by atomic mass is 10.3. The number of rotatable bonds is 7. The van der Waals surface area contributed by atoms with Crippen LogP contribution >= 0.6 is 0 Å². The molecule has 0 spiro atoms. The zero-order chi connectivity index (χ0) is 11.4. The van der Waals surface area contributed by atoms with Crippen molar-refractivity contribution in [1.29, 1.82) is 5.41 Å². The molecule has 1 aliphatic carbocycles. The van der Waals surface area contributed by atoms with E-state index in [0.717, 1.165) is 25.7 Å². The van der Waals surface area contributed by atoms with Crippen LogP contribution in [0.5, 0.6) is 0 Å². The molecule has 5 nitrogen and oxygen atoms in total. The molecule has 0 unspecified atom stereocenters. The maximum atomic E-state index is 7.25.